The van der Waals surface area contributed by atoms with Gasteiger partial charge < -0.3 is 20.1 Å². The van der Waals surface area contributed by atoms with Crippen molar-refractivity contribution in [3.8, 4) is 16.9 Å². The zero-order valence-corrected chi connectivity index (χ0v) is 19.0. The molecule has 4 rings (SSSR count). The Kier molecular flexibility index (Phi) is 8.09. The van der Waals surface area contributed by atoms with Crippen LogP contribution in [0.1, 0.15) is 11.6 Å². The zero-order valence-electron chi connectivity index (χ0n) is 19.0. The van der Waals surface area contributed by atoms with Crippen LogP contribution >= 0.6 is 0 Å². The molecule has 0 radical (unpaired) electrons. The maximum atomic E-state index is 12.8. The third kappa shape index (κ3) is 6.20. The fourth-order valence-corrected chi connectivity index (χ4v) is 4.15. The Morgan fingerprint density at radius 1 is 0.970 bits per heavy atom. The zero-order chi connectivity index (χ0) is 22.9. The van der Waals surface area contributed by atoms with E-state index in [9.17, 15) is 4.79 Å². The van der Waals surface area contributed by atoms with Crippen LogP contribution in [-0.2, 0) is 9.53 Å². The number of carbonyl (C=O) groups excluding carboxylic acids is 1. The monoisotopic (exact) mass is 445 g/mol. The van der Waals surface area contributed by atoms with Crippen LogP contribution in [0.4, 0.5) is 5.69 Å². The molecule has 1 saturated heterocycles. The summed E-state index contributed by atoms with van der Waals surface area (Å²) in [4.78, 5) is 15.2. The maximum Gasteiger partial charge on any atom is 0.238 e. The van der Waals surface area contributed by atoms with Gasteiger partial charge in [-0.2, -0.15) is 0 Å². The van der Waals surface area contributed by atoms with Crippen molar-refractivity contribution in [3.05, 3.63) is 84.4 Å². The second-order valence-electron chi connectivity index (χ2n) is 8.03. The van der Waals surface area contributed by atoms with Crippen molar-refractivity contribution in [2.45, 2.75) is 6.04 Å². The first-order valence-electron chi connectivity index (χ1n) is 11.4. The fraction of sp³-hybridized carbons (Fsp3) is 0.296. The van der Waals surface area contributed by atoms with Gasteiger partial charge in [-0.15, -0.1) is 0 Å². The van der Waals surface area contributed by atoms with Gasteiger partial charge in [-0.05, 0) is 29.3 Å². The second kappa shape index (κ2) is 11.6. The lowest BCUT2D eigenvalue weighted by Gasteiger charge is -2.35. The molecule has 0 aromatic heterocycles. The standard InChI is InChI=1S/C27H31N3O3/c1-32-23-13-11-22(12-14-23)26(30-15-17-33-18-16-30)19-28-20-27(31)29-25-10-6-5-9-24(25)21-7-3-2-4-8-21/h2-14,26,28H,15-20H2,1H3,(H,29,31). The van der Waals surface area contributed by atoms with Crippen molar-refractivity contribution >= 4 is 11.6 Å². The van der Waals surface area contributed by atoms with Crippen molar-refractivity contribution in [1.82, 2.24) is 10.2 Å². The third-order valence-corrected chi connectivity index (χ3v) is 5.90. The Morgan fingerprint density at radius 3 is 2.39 bits per heavy atom. The van der Waals surface area contributed by atoms with Crippen molar-refractivity contribution < 1.29 is 14.3 Å². The van der Waals surface area contributed by atoms with Crippen LogP contribution in [0, 0.1) is 0 Å². The molecule has 0 bridgehead atoms. The van der Waals surface area contributed by atoms with E-state index in [1.54, 1.807) is 7.11 Å². The average molecular weight is 446 g/mol. The van der Waals surface area contributed by atoms with Gasteiger partial charge >= 0.3 is 0 Å². The predicted octanol–water partition coefficient (Wildman–Crippen LogP) is 3.96. The van der Waals surface area contributed by atoms with Crippen molar-refractivity contribution in [2.24, 2.45) is 0 Å². The molecule has 6 heteroatoms. The largest absolute Gasteiger partial charge is 0.497 e. The van der Waals surface area contributed by atoms with Crippen LogP contribution in [-0.4, -0.2) is 57.3 Å². The highest BCUT2D eigenvalue weighted by Gasteiger charge is 2.22. The predicted molar refractivity (Wildman–Crippen MR) is 132 cm³/mol. The van der Waals surface area contributed by atoms with E-state index < -0.39 is 0 Å². The number of amides is 1. The molecule has 1 unspecified atom stereocenters. The molecule has 172 valence electrons. The molecule has 3 aromatic rings. The van der Waals surface area contributed by atoms with Gasteiger partial charge in [-0.1, -0.05) is 60.7 Å². The summed E-state index contributed by atoms with van der Waals surface area (Å²) in [6.45, 7) is 4.09. The Balaban J connectivity index is 1.38. The molecule has 1 aliphatic heterocycles. The van der Waals surface area contributed by atoms with Crippen molar-refractivity contribution in [1.29, 1.82) is 0 Å². The van der Waals surface area contributed by atoms with E-state index in [0.717, 1.165) is 48.9 Å². The lowest BCUT2D eigenvalue weighted by Crippen LogP contribution is -2.43. The van der Waals surface area contributed by atoms with Crippen molar-refractivity contribution in [2.75, 3.05) is 51.8 Å². The highest BCUT2D eigenvalue weighted by Crippen LogP contribution is 2.27. The molecule has 0 saturated carbocycles. The molecular weight excluding hydrogens is 414 g/mol. The molecule has 6 nitrogen and oxygen atoms in total. The van der Waals surface area contributed by atoms with E-state index in [0.29, 0.717) is 6.54 Å². The number of para-hydroxylation sites is 1. The average Bonchev–Trinajstić information content (AvgIpc) is 2.88. The highest BCUT2D eigenvalue weighted by atomic mass is 16.5. The van der Waals surface area contributed by atoms with Gasteiger partial charge in [0.15, 0.2) is 0 Å². The van der Waals surface area contributed by atoms with E-state index in [-0.39, 0.29) is 18.5 Å². The van der Waals surface area contributed by atoms with Gasteiger partial charge in [-0.25, -0.2) is 0 Å². The Morgan fingerprint density at radius 2 is 1.67 bits per heavy atom. The van der Waals surface area contributed by atoms with Crippen LogP contribution < -0.4 is 15.4 Å². The maximum absolute atomic E-state index is 12.8. The molecule has 2 N–H and O–H groups in total. The number of ether oxygens (including phenoxy) is 2. The minimum atomic E-state index is -0.0613. The number of methoxy groups -OCH3 is 1. The smallest absolute Gasteiger partial charge is 0.238 e. The number of hydrogen-bond acceptors (Lipinski definition) is 5. The summed E-state index contributed by atoms with van der Waals surface area (Å²) in [5.41, 5.74) is 4.10. The first-order valence-corrected chi connectivity index (χ1v) is 11.4. The summed E-state index contributed by atoms with van der Waals surface area (Å²) in [5, 5.41) is 6.43. The van der Waals surface area contributed by atoms with Gasteiger partial charge in [0.05, 0.1) is 26.9 Å². The molecule has 1 heterocycles. The number of carbonyl (C=O) groups is 1. The number of rotatable bonds is 9. The molecule has 1 amide bonds. The summed E-state index contributed by atoms with van der Waals surface area (Å²) in [6, 6.07) is 26.3. The van der Waals surface area contributed by atoms with Gasteiger partial charge in [0, 0.05) is 36.9 Å². The lowest BCUT2D eigenvalue weighted by atomic mass is 10.0. The van der Waals surface area contributed by atoms with E-state index in [2.05, 4.69) is 27.7 Å². The van der Waals surface area contributed by atoms with E-state index >= 15 is 0 Å². The summed E-state index contributed by atoms with van der Waals surface area (Å²) >= 11 is 0. The summed E-state index contributed by atoms with van der Waals surface area (Å²) in [7, 11) is 1.67. The first-order chi connectivity index (χ1) is 16.2. The number of anilines is 1. The minimum absolute atomic E-state index is 0.0613. The molecular formula is C27H31N3O3. The molecule has 1 fully saturated rings. The van der Waals surface area contributed by atoms with E-state index in [4.69, 9.17) is 9.47 Å². The van der Waals surface area contributed by atoms with Crippen molar-refractivity contribution in [3.63, 3.8) is 0 Å². The van der Waals surface area contributed by atoms with E-state index in [1.807, 2.05) is 66.7 Å². The number of hydrogen-bond donors (Lipinski definition) is 2. The quantitative estimate of drug-likeness (QED) is 0.522. The van der Waals surface area contributed by atoms with E-state index in [1.165, 1.54) is 5.56 Å². The highest BCUT2D eigenvalue weighted by molar-refractivity contribution is 5.96. The van der Waals surface area contributed by atoms with Crippen LogP contribution in [0.5, 0.6) is 5.75 Å². The molecule has 0 aliphatic carbocycles. The lowest BCUT2D eigenvalue weighted by molar-refractivity contribution is -0.115. The normalized spacial score (nSPS) is 15.1. The number of nitrogens with one attached hydrogen (secondary N) is 2. The van der Waals surface area contributed by atoms with Gasteiger partial charge in [0.25, 0.3) is 0 Å². The van der Waals surface area contributed by atoms with Crippen LogP contribution in [0.15, 0.2) is 78.9 Å². The topological polar surface area (TPSA) is 62.8 Å². The summed E-state index contributed by atoms with van der Waals surface area (Å²) in [5.74, 6) is 0.776. The molecule has 1 atom stereocenters. The number of nitrogens with zero attached hydrogens (tertiary/aromatic N) is 1. The number of morpholine rings is 1. The molecule has 3 aromatic carbocycles. The van der Waals surface area contributed by atoms with Crippen LogP contribution in [0.2, 0.25) is 0 Å². The Bertz CT molecular complexity index is 1020. The van der Waals surface area contributed by atoms with Crippen LogP contribution in [0.25, 0.3) is 11.1 Å². The van der Waals surface area contributed by atoms with Gasteiger partial charge in [0.1, 0.15) is 5.75 Å². The molecule has 1 aliphatic rings. The summed E-state index contributed by atoms with van der Waals surface area (Å²) < 4.78 is 10.8. The molecule has 33 heavy (non-hydrogen) atoms. The summed E-state index contributed by atoms with van der Waals surface area (Å²) in [6.07, 6.45) is 0. The second-order valence-corrected chi connectivity index (χ2v) is 8.03. The van der Waals surface area contributed by atoms with Crippen LogP contribution in [0.3, 0.4) is 0 Å². The van der Waals surface area contributed by atoms with Gasteiger partial charge in [0.2, 0.25) is 5.91 Å². The fourth-order valence-electron chi connectivity index (χ4n) is 4.15. The Hall–Kier alpha value is -3.19. The van der Waals surface area contributed by atoms with Gasteiger partial charge in [-0.3, -0.25) is 9.69 Å². The number of benzene rings is 3. The third-order valence-electron chi connectivity index (χ3n) is 5.90. The minimum Gasteiger partial charge on any atom is -0.497 e. The Labute approximate surface area is 195 Å². The first kappa shape index (κ1) is 23.0. The molecule has 0 spiro atoms. The SMILES string of the molecule is COc1ccc(C(CNCC(=O)Nc2ccccc2-c2ccccc2)N2CCOCC2)cc1.